The number of carbonyl (C=O) groups excluding carboxylic acids is 1. The topological polar surface area (TPSA) is 64.5 Å². The number of unbranched alkanes of at least 4 members (excludes halogenated alkanes) is 2. The first-order valence-electron chi connectivity index (χ1n) is 12.5. The molecule has 0 fully saturated rings. The minimum Gasteiger partial charge on any atom is -0.444 e. The number of rotatable bonds is 13. The van der Waals surface area contributed by atoms with Gasteiger partial charge in [-0.3, -0.25) is 0 Å². The second-order valence-corrected chi connectivity index (χ2v) is 10.3. The molecule has 3 rings (SSSR count). The molecule has 0 spiro atoms. The normalized spacial score (nSPS) is 11.7. The van der Waals surface area contributed by atoms with Crippen molar-refractivity contribution >= 4 is 28.6 Å². The van der Waals surface area contributed by atoms with Gasteiger partial charge in [0.15, 0.2) is 0 Å². The Balaban J connectivity index is 1.33. The Morgan fingerprint density at radius 3 is 2.56 bits per heavy atom. The number of halogens is 2. The van der Waals surface area contributed by atoms with E-state index in [2.05, 4.69) is 15.2 Å². The number of hydrogen-bond donors (Lipinski definition) is 2. The van der Waals surface area contributed by atoms with E-state index in [1.54, 1.807) is 12.1 Å². The zero-order valence-corrected chi connectivity index (χ0v) is 22.2. The van der Waals surface area contributed by atoms with Crippen molar-refractivity contribution in [1.82, 2.24) is 15.2 Å². The van der Waals surface area contributed by atoms with Crippen molar-refractivity contribution in [3.05, 3.63) is 70.6 Å². The van der Waals surface area contributed by atoms with Crippen molar-refractivity contribution in [3.8, 4) is 0 Å². The Morgan fingerprint density at radius 2 is 1.81 bits per heavy atom. The van der Waals surface area contributed by atoms with Crippen LogP contribution < -0.4 is 10.6 Å². The summed E-state index contributed by atoms with van der Waals surface area (Å²) in [5.74, 6) is -0.243. The number of nitrogens with zero attached hydrogens (tertiary/aromatic N) is 1. The van der Waals surface area contributed by atoms with Crippen LogP contribution in [0.3, 0.4) is 0 Å². The Hall–Kier alpha value is -2.61. The average molecular weight is 518 g/mol. The summed E-state index contributed by atoms with van der Waals surface area (Å²) in [4.78, 5) is 11.6. The van der Waals surface area contributed by atoms with Crippen LogP contribution in [0.5, 0.6) is 0 Å². The maximum absolute atomic E-state index is 14.4. The molecule has 2 aromatic carbocycles. The third kappa shape index (κ3) is 9.45. The van der Waals surface area contributed by atoms with Crippen LogP contribution in [-0.4, -0.2) is 42.6 Å². The lowest BCUT2D eigenvalue weighted by molar-refractivity contribution is 0.0526. The van der Waals surface area contributed by atoms with E-state index in [1.807, 2.05) is 57.3 Å². The van der Waals surface area contributed by atoms with Gasteiger partial charge in [-0.15, -0.1) is 0 Å². The second kappa shape index (κ2) is 13.6. The number of nitrogens with one attached hydrogen (secondary N) is 2. The highest BCUT2D eigenvalue weighted by atomic mass is 35.5. The van der Waals surface area contributed by atoms with E-state index in [0.717, 1.165) is 41.3 Å². The number of hydrogen-bond acceptors (Lipinski definition) is 4. The second-order valence-electron chi connectivity index (χ2n) is 9.85. The number of alkyl carbamates (subject to hydrolysis) is 1. The first kappa shape index (κ1) is 28.0. The lowest BCUT2D eigenvalue weighted by atomic mass is 10.1. The number of ether oxygens (including phenoxy) is 2. The van der Waals surface area contributed by atoms with Crippen molar-refractivity contribution in [2.45, 2.75) is 58.7 Å². The van der Waals surface area contributed by atoms with Crippen LogP contribution in [0.4, 0.5) is 9.18 Å². The molecule has 0 radical (unpaired) electrons. The zero-order valence-electron chi connectivity index (χ0n) is 21.4. The standard InChI is InChI=1S/C28H37ClFN3O3/c1-28(2,3)36-27(34)32-12-5-4-6-15-35-16-13-31-19-22-17-24(30)18-26-25(22)11-14-33(26)20-21-7-9-23(29)10-8-21/h7-11,14,17-18,31H,4-6,12-13,15-16,19-20H2,1-3H3,(H,32,34). The molecule has 0 aliphatic carbocycles. The van der Waals surface area contributed by atoms with Crippen molar-refractivity contribution < 1.29 is 18.7 Å². The van der Waals surface area contributed by atoms with Crippen LogP contribution in [0.1, 0.15) is 51.2 Å². The number of amides is 1. The zero-order chi connectivity index (χ0) is 26.0. The Kier molecular flexibility index (Phi) is 10.6. The van der Waals surface area contributed by atoms with Crippen LogP contribution in [0.2, 0.25) is 5.02 Å². The number of benzene rings is 2. The van der Waals surface area contributed by atoms with Gasteiger partial charge < -0.3 is 24.7 Å². The van der Waals surface area contributed by atoms with E-state index >= 15 is 0 Å². The van der Waals surface area contributed by atoms with E-state index < -0.39 is 5.60 Å². The van der Waals surface area contributed by atoms with E-state index in [1.165, 1.54) is 0 Å². The van der Waals surface area contributed by atoms with Gasteiger partial charge in [0.05, 0.1) is 12.1 Å². The van der Waals surface area contributed by atoms with Gasteiger partial charge in [-0.05, 0) is 81.5 Å². The van der Waals surface area contributed by atoms with Gasteiger partial charge in [-0.25, -0.2) is 9.18 Å². The average Bonchev–Trinajstić information content (AvgIpc) is 3.20. The van der Waals surface area contributed by atoms with Gasteiger partial charge in [0.2, 0.25) is 0 Å². The monoisotopic (exact) mass is 517 g/mol. The van der Waals surface area contributed by atoms with Gasteiger partial charge in [0.1, 0.15) is 11.4 Å². The maximum atomic E-state index is 14.4. The SMILES string of the molecule is CC(C)(C)OC(=O)NCCCCCOCCNCc1cc(F)cc2c1ccn2Cc1ccc(Cl)cc1. The van der Waals surface area contributed by atoms with Gasteiger partial charge in [-0.1, -0.05) is 23.7 Å². The summed E-state index contributed by atoms with van der Waals surface area (Å²) in [5, 5.41) is 7.85. The molecule has 0 atom stereocenters. The van der Waals surface area contributed by atoms with Crippen molar-refractivity contribution in [2.75, 3.05) is 26.3 Å². The molecule has 1 amide bonds. The molecule has 3 aromatic rings. The summed E-state index contributed by atoms with van der Waals surface area (Å²) in [6.45, 7) is 9.30. The molecular weight excluding hydrogens is 481 g/mol. The lowest BCUT2D eigenvalue weighted by Crippen LogP contribution is -2.33. The fraction of sp³-hybridized carbons (Fsp3) is 0.464. The van der Waals surface area contributed by atoms with Crippen molar-refractivity contribution in [3.63, 3.8) is 0 Å². The van der Waals surface area contributed by atoms with Crippen molar-refractivity contribution in [2.24, 2.45) is 0 Å². The quantitative estimate of drug-likeness (QED) is 0.262. The highest BCUT2D eigenvalue weighted by molar-refractivity contribution is 6.30. The molecule has 36 heavy (non-hydrogen) atoms. The van der Waals surface area contributed by atoms with Crippen LogP contribution >= 0.6 is 11.6 Å². The molecule has 0 saturated carbocycles. The van der Waals surface area contributed by atoms with Gasteiger partial charge >= 0.3 is 6.09 Å². The summed E-state index contributed by atoms with van der Waals surface area (Å²) in [5.41, 5.74) is 2.43. The molecule has 0 aliphatic rings. The highest BCUT2D eigenvalue weighted by Gasteiger charge is 2.15. The third-order valence-electron chi connectivity index (χ3n) is 5.58. The molecule has 1 heterocycles. The summed E-state index contributed by atoms with van der Waals surface area (Å²) in [6.07, 6.45) is 4.40. The number of carbonyl (C=O) groups is 1. The fourth-order valence-corrected chi connectivity index (χ4v) is 4.01. The molecule has 8 heteroatoms. The molecule has 196 valence electrons. The molecule has 0 bridgehead atoms. The molecular formula is C28H37ClFN3O3. The first-order chi connectivity index (χ1) is 17.2. The Bertz CT molecular complexity index is 1110. The number of aromatic nitrogens is 1. The minimum atomic E-state index is -0.476. The summed E-state index contributed by atoms with van der Waals surface area (Å²) >= 11 is 5.98. The summed E-state index contributed by atoms with van der Waals surface area (Å²) in [7, 11) is 0. The fourth-order valence-electron chi connectivity index (χ4n) is 3.88. The predicted octanol–water partition coefficient (Wildman–Crippen LogP) is 6.28. The molecule has 0 aliphatic heterocycles. The van der Waals surface area contributed by atoms with Crippen LogP contribution in [0.25, 0.3) is 10.9 Å². The van der Waals surface area contributed by atoms with Gasteiger partial charge in [0.25, 0.3) is 0 Å². The molecule has 1 aromatic heterocycles. The Morgan fingerprint density at radius 1 is 1.03 bits per heavy atom. The minimum absolute atomic E-state index is 0.243. The smallest absolute Gasteiger partial charge is 0.407 e. The van der Waals surface area contributed by atoms with Gasteiger partial charge in [-0.2, -0.15) is 0 Å². The first-order valence-corrected chi connectivity index (χ1v) is 12.9. The lowest BCUT2D eigenvalue weighted by Gasteiger charge is -2.19. The van der Waals surface area contributed by atoms with Crippen LogP contribution in [0, 0.1) is 5.82 Å². The molecule has 6 nitrogen and oxygen atoms in total. The summed E-state index contributed by atoms with van der Waals surface area (Å²) in [6, 6.07) is 12.9. The maximum Gasteiger partial charge on any atom is 0.407 e. The van der Waals surface area contributed by atoms with E-state index in [9.17, 15) is 9.18 Å². The van der Waals surface area contributed by atoms with Gasteiger partial charge in [0, 0.05) is 49.4 Å². The molecule has 0 unspecified atom stereocenters. The molecule has 0 saturated heterocycles. The van der Waals surface area contributed by atoms with Crippen LogP contribution in [0.15, 0.2) is 48.7 Å². The Labute approximate surface area is 218 Å². The number of fused-ring (bicyclic) bond motifs is 1. The third-order valence-corrected chi connectivity index (χ3v) is 5.83. The van der Waals surface area contributed by atoms with E-state index in [-0.39, 0.29) is 11.9 Å². The van der Waals surface area contributed by atoms with E-state index in [0.29, 0.717) is 44.4 Å². The van der Waals surface area contributed by atoms with E-state index in [4.69, 9.17) is 21.1 Å². The summed E-state index contributed by atoms with van der Waals surface area (Å²) < 4.78 is 27.3. The predicted molar refractivity (Wildman–Crippen MR) is 143 cm³/mol. The largest absolute Gasteiger partial charge is 0.444 e. The van der Waals surface area contributed by atoms with Crippen molar-refractivity contribution in [1.29, 1.82) is 0 Å². The molecule has 2 N–H and O–H groups in total. The van der Waals surface area contributed by atoms with Crippen LogP contribution in [-0.2, 0) is 22.6 Å². The highest BCUT2D eigenvalue weighted by Crippen LogP contribution is 2.23.